The van der Waals surface area contributed by atoms with Gasteiger partial charge in [-0.25, -0.2) is 13.6 Å². The van der Waals surface area contributed by atoms with Crippen molar-refractivity contribution in [3.63, 3.8) is 0 Å². The molecule has 0 radical (unpaired) electrons. The van der Waals surface area contributed by atoms with Gasteiger partial charge in [0.05, 0.1) is 16.1 Å². The first kappa shape index (κ1) is 19.9. The van der Waals surface area contributed by atoms with E-state index >= 15 is 0 Å². The number of hydrogen-bond acceptors (Lipinski definition) is 5. The average molecular weight is 376 g/mol. The molecule has 0 saturated carbocycles. The van der Waals surface area contributed by atoms with Gasteiger partial charge in [0.1, 0.15) is 0 Å². The molecule has 1 aromatic heterocycles. The van der Waals surface area contributed by atoms with E-state index in [0.717, 1.165) is 11.3 Å². The molecule has 0 bridgehead atoms. The fraction of sp³-hybridized carbons (Fsp3) is 0.333. The lowest BCUT2D eigenvalue weighted by molar-refractivity contribution is 0.0954. The van der Waals surface area contributed by atoms with Gasteiger partial charge in [0, 0.05) is 24.5 Å². The van der Waals surface area contributed by atoms with E-state index in [4.69, 9.17) is 5.14 Å². The Morgan fingerprint density at radius 1 is 1.15 bits per heavy atom. The van der Waals surface area contributed by atoms with Crippen LogP contribution in [-0.2, 0) is 16.4 Å². The summed E-state index contributed by atoms with van der Waals surface area (Å²) in [5.74, 6) is -0.212. The van der Waals surface area contributed by atoms with Crippen LogP contribution in [0.15, 0.2) is 47.6 Å². The molecule has 0 saturated heterocycles. The molecule has 26 heavy (non-hydrogen) atoms. The quantitative estimate of drug-likeness (QED) is 0.712. The minimum Gasteiger partial charge on any atom is -0.379 e. The Hall–Kier alpha value is -2.45. The van der Waals surface area contributed by atoms with E-state index in [0.29, 0.717) is 18.5 Å². The molecule has 0 fully saturated rings. The summed E-state index contributed by atoms with van der Waals surface area (Å²) in [6, 6.07) is 8.03. The summed E-state index contributed by atoms with van der Waals surface area (Å²) in [7, 11) is -3.69. The molecule has 0 aliphatic heterocycles. The lowest BCUT2D eigenvalue weighted by Gasteiger charge is -2.22. The summed E-state index contributed by atoms with van der Waals surface area (Å²) in [5.41, 5.74) is 2.03. The zero-order chi connectivity index (χ0) is 19.4. The molecule has 0 atom stereocenters. The van der Waals surface area contributed by atoms with E-state index in [1.807, 2.05) is 20.8 Å². The van der Waals surface area contributed by atoms with Gasteiger partial charge >= 0.3 is 0 Å². The zero-order valence-electron chi connectivity index (χ0n) is 15.1. The molecule has 0 aliphatic carbocycles. The lowest BCUT2D eigenvalue weighted by atomic mass is 10.1. The van der Waals surface area contributed by atoms with Crippen LogP contribution in [0.1, 0.15) is 36.7 Å². The van der Waals surface area contributed by atoms with Gasteiger partial charge in [-0.2, -0.15) is 0 Å². The van der Waals surface area contributed by atoms with Crippen LogP contribution in [-0.4, -0.2) is 31.4 Å². The number of aromatic nitrogens is 1. The Labute approximate surface area is 154 Å². The van der Waals surface area contributed by atoms with Gasteiger partial charge in [0.2, 0.25) is 10.0 Å². The zero-order valence-corrected chi connectivity index (χ0v) is 15.9. The van der Waals surface area contributed by atoms with Gasteiger partial charge in [-0.05, 0) is 51.0 Å². The maximum absolute atomic E-state index is 12.3. The van der Waals surface area contributed by atoms with E-state index in [2.05, 4.69) is 15.6 Å². The van der Waals surface area contributed by atoms with Crippen molar-refractivity contribution in [1.82, 2.24) is 10.3 Å². The number of primary sulfonamides is 1. The summed E-state index contributed by atoms with van der Waals surface area (Å²) in [6.07, 6.45) is 3.77. The third-order valence-electron chi connectivity index (χ3n) is 3.47. The molecule has 8 heteroatoms. The van der Waals surface area contributed by atoms with Crippen LogP contribution in [0.4, 0.5) is 5.69 Å². The standard InChI is InChI=1S/C18H24N4O3S/c1-18(2,3)22-15-10-14(11-20-12-15)17(23)21-9-8-13-4-6-16(7-5-13)26(19,24)25/h4-7,10-12,22H,8-9H2,1-3H3,(H,21,23)(H2,19,24,25). The fourth-order valence-electron chi connectivity index (χ4n) is 2.33. The van der Waals surface area contributed by atoms with E-state index in [1.165, 1.54) is 18.3 Å². The summed E-state index contributed by atoms with van der Waals surface area (Å²) < 4.78 is 22.5. The van der Waals surface area contributed by atoms with Crippen LogP contribution in [0.25, 0.3) is 0 Å². The number of hydrogen-bond donors (Lipinski definition) is 3. The number of nitrogens with two attached hydrogens (primary N) is 1. The van der Waals surface area contributed by atoms with E-state index in [9.17, 15) is 13.2 Å². The Balaban J connectivity index is 1.92. The van der Waals surface area contributed by atoms with Crippen LogP contribution in [0.3, 0.4) is 0 Å². The number of nitrogens with one attached hydrogen (secondary N) is 2. The van der Waals surface area contributed by atoms with Crippen molar-refractivity contribution in [3.8, 4) is 0 Å². The molecule has 140 valence electrons. The van der Waals surface area contributed by atoms with Crippen LogP contribution >= 0.6 is 0 Å². The van der Waals surface area contributed by atoms with Crippen LogP contribution < -0.4 is 15.8 Å². The summed E-state index contributed by atoms with van der Waals surface area (Å²) in [4.78, 5) is 16.4. The molecule has 2 aromatic rings. The molecule has 1 heterocycles. The normalized spacial score (nSPS) is 11.8. The smallest absolute Gasteiger partial charge is 0.252 e. The Morgan fingerprint density at radius 3 is 2.38 bits per heavy atom. The first-order valence-electron chi connectivity index (χ1n) is 8.18. The summed E-state index contributed by atoms with van der Waals surface area (Å²) in [6.45, 7) is 6.51. The Kier molecular flexibility index (Phi) is 5.99. The number of pyridine rings is 1. The van der Waals surface area contributed by atoms with Crippen molar-refractivity contribution in [2.45, 2.75) is 37.6 Å². The van der Waals surface area contributed by atoms with Gasteiger partial charge in [-0.1, -0.05) is 12.1 Å². The van der Waals surface area contributed by atoms with Gasteiger partial charge in [0.15, 0.2) is 0 Å². The average Bonchev–Trinajstić information content (AvgIpc) is 2.53. The van der Waals surface area contributed by atoms with Crippen molar-refractivity contribution in [2.75, 3.05) is 11.9 Å². The summed E-state index contributed by atoms with van der Waals surface area (Å²) in [5, 5.41) is 11.2. The number of carbonyl (C=O) groups is 1. The Bertz CT molecular complexity index is 872. The predicted octanol–water partition coefficient (Wildman–Crippen LogP) is 1.91. The highest BCUT2D eigenvalue weighted by atomic mass is 32.2. The highest BCUT2D eigenvalue weighted by molar-refractivity contribution is 7.89. The van der Waals surface area contributed by atoms with Gasteiger partial charge in [-0.15, -0.1) is 0 Å². The molecule has 0 aliphatic rings. The molecule has 4 N–H and O–H groups in total. The van der Waals surface area contributed by atoms with Crippen molar-refractivity contribution >= 4 is 21.6 Å². The van der Waals surface area contributed by atoms with E-state index < -0.39 is 10.0 Å². The second kappa shape index (κ2) is 7.84. The van der Waals surface area contributed by atoms with Crippen molar-refractivity contribution < 1.29 is 13.2 Å². The molecule has 7 nitrogen and oxygen atoms in total. The van der Waals surface area contributed by atoms with E-state index in [-0.39, 0.29) is 16.3 Å². The molecular weight excluding hydrogens is 352 g/mol. The third kappa shape index (κ3) is 6.12. The molecule has 1 amide bonds. The first-order chi connectivity index (χ1) is 12.0. The summed E-state index contributed by atoms with van der Waals surface area (Å²) >= 11 is 0. The second-order valence-electron chi connectivity index (χ2n) is 7.03. The van der Waals surface area contributed by atoms with Crippen LogP contribution in [0.5, 0.6) is 0 Å². The number of sulfonamides is 1. The van der Waals surface area contributed by atoms with Gasteiger partial charge in [0.25, 0.3) is 5.91 Å². The number of amides is 1. The maximum Gasteiger partial charge on any atom is 0.252 e. The number of nitrogens with zero attached hydrogens (tertiary/aromatic N) is 1. The number of rotatable bonds is 6. The molecule has 0 unspecified atom stereocenters. The second-order valence-corrected chi connectivity index (χ2v) is 8.59. The molecule has 1 aromatic carbocycles. The minimum atomic E-state index is -3.69. The largest absolute Gasteiger partial charge is 0.379 e. The van der Waals surface area contributed by atoms with Gasteiger partial charge < -0.3 is 10.6 Å². The fourth-order valence-corrected chi connectivity index (χ4v) is 2.85. The highest BCUT2D eigenvalue weighted by Crippen LogP contribution is 2.15. The van der Waals surface area contributed by atoms with E-state index in [1.54, 1.807) is 24.4 Å². The van der Waals surface area contributed by atoms with Gasteiger partial charge in [-0.3, -0.25) is 9.78 Å². The minimum absolute atomic E-state index is 0.0690. The predicted molar refractivity (Wildman–Crippen MR) is 101 cm³/mol. The highest BCUT2D eigenvalue weighted by Gasteiger charge is 2.12. The SMILES string of the molecule is CC(C)(C)Nc1cncc(C(=O)NCCc2ccc(S(N)(=O)=O)cc2)c1. The number of benzene rings is 1. The molecular formula is C18H24N4O3S. The maximum atomic E-state index is 12.3. The first-order valence-corrected chi connectivity index (χ1v) is 9.72. The van der Waals surface area contributed by atoms with Crippen LogP contribution in [0, 0.1) is 0 Å². The monoisotopic (exact) mass is 376 g/mol. The van der Waals surface area contributed by atoms with Crippen LogP contribution in [0.2, 0.25) is 0 Å². The Morgan fingerprint density at radius 2 is 1.81 bits per heavy atom. The van der Waals surface area contributed by atoms with Crippen molar-refractivity contribution in [3.05, 3.63) is 53.9 Å². The lowest BCUT2D eigenvalue weighted by Crippen LogP contribution is -2.28. The van der Waals surface area contributed by atoms with Crippen molar-refractivity contribution in [2.24, 2.45) is 5.14 Å². The molecule has 2 rings (SSSR count). The van der Waals surface area contributed by atoms with Crippen molar-refractivity contribution in [1.29, 1.82) is 0 Å². The number of carbonyl (C=O) groups excluding carboxylic acids is 1. The third-order valence-corrected chi connectivity index (χ3v) is 4.40. The molecule has 0 spiro atoms. The topological polar surface area (TPSA) is 114 Å². The number of anilines is 1.